The molecule has 0 radical (unpaired) electrons. The van der Waals surface area contributed by atoms with Crippen LogP contribution >= 0.6 is 22.9 Å². The summed E-state index contributed by atoms with van der Waals surface area (Å²) in [6.45, 7) is 0. The second-order valence-electron chi connectivity index (χ2n) is 3.01. The summed E-state index contributed by atoms with van der Waals surface area (Å²) >= 11 is 7.25. The van der Waals surface area contributed by atoms with Gasteiger partial charge in [-0.3, -0.25) is 0 Å². The van der Waals surface area contributed by atoms with E-state index in [0.29, 0.717) is 15.6 Å². The van der Waals surface area contributed by atoms with Gasteiger partial charge in [0.2, 0.25) is 0 Å². The first kappa shape index (κ1) is 10.0. The quantitative estimate of drug-likeness (QED) is 0.821. The van der Waals surface area contributed by atoms with Gasteiger partial charge < -0.3 is 5.73 Å². The Labute approximate surface area is 96.5 Å². The van der Waals surface area contributed by atoms with Gasteiger partial charge in [-0.15, -0.1) is 11.3 Å². The highest BCUT2D eigenvalue weighted by Crippen LogP contribution is 2.33. The SMILES string of the molecule is N#Cc1c(-c2cccc(Cl)c2)csc1N. The predicted octanol–water partition coefficient (Wildman–Crippen LogP) is 3.52. The van der Waals surface area contributed by atoms with E-state index < -0.39 is 0 Å². The van der Waals surface area contributed by atoms with E-state index in [1.54, 1.807) is 6.07 Å². The summed E-state index contributed by atoms with van der Waals surface area (Å²) in [6.07, 6.45) is 0. The first-order chi connectivity index (χ1) is 7.22. The van der Waals surface area contributed by atoms with Crippen molar-refractivity contribution in [2.24, 2.45) is 0 Å². The van der Waals surface area contributed by atoms with Gasteiger partial charge in [-0.2, -0.15) is 5.26 Å². The third-order valence-electron chi connectivity index (χ3n) is 2.07. The molecular formula is C11H7ClN2S. The van der Waals surface area contributed by atoms with E-state index in [1.807, 2.05) is 23.6 Å². The Balaban J connectivity index is 2.60. The number of rotatable bonds is 1. The molecule has 0 aliphatic carbocycles. The van der Waals surface area contributed by atoms with Gasteiger partial charge in [-0.1, -0.05) is 23.7 Å². The number of hydrogen-bond donors (Lipinski definition) is 1. The fraction of sp³-hybridized carbons (Fsp3) is 0. The zero-order valence-electron chi connectivity index (χ0n) is 7.70. The second kappa shape index (κ2) is 3.93. The maximum absolute atomic E-state index is 8.96. The molecule has 4 heteroatoms. The monoisotopic (exact) mass is 234 g/mol. The molecule has 0 aliphatic rings. The number of hydrogen-bond acceptors (Lipinski definition) is 3. The van der Waals surface area contributed by atoms with Crippen LogP contribution in [-0.4, -0.2) is 0 Å². The van der Waals surface area contributed by atoms with Gasteiger partial charge in [0, 0.05) is 16.0 Å². The molecule has 0 aliphatic heterocycles. The molecule has 0 spiro atoms. The lowest BCUT2D eigenvalue weighted by molar-refractivity contribution is 1.50. The number of nitrogen functional groups attached to an aromatic ring is 1. The van der Waals surface area contributed by atoms with Crippen LogP contribution in [0.1, 0.15) is 5.56 Å². The number of thiophene rings is 1. The normalized spacial score (nSPS) is 9.87. The summed E-state index contributed by atoms with van der Waals surface area (Å²) < 4.78 is 0. The van der Waals surface area contributed by atoms with E-state index in [4.69, 9.17) is 22.6 Å². The molecule has 0 saturated carbocycles. The number of benzene rings is 1. The van der Waals surface area contributed by atoms with E-state index >= 15 is 0 Å². The first-order valence-electron chi connectivity index (χ1n) is 4.25. The molecule has 0 bridgehead atoms. The van der Waals surface area contributed by atoms with Crippen molar-refractivity contribution in [2.45, 2.75) is 0 Å². The van der Waals surface area contributed by atoms with Crippen LogP contribution < -0.4 is 5.73 Å². The zero-order chi connectivity index (χ0) is 10.8. The lowest BCUT2D eigenvalue weighted by Crippen LogP contribution is -1.85. The van der Waals surface area contributed by atoms with Gasteiger partial charge in [0.15, 0.2) is 0 Å². The molecule has 0 unspecified atom stereocenters. The summed E-state index contributed by atoms with van der Waals surface area (Å²) in [5.74, 6) is 0. The van der Waals surface area contributed by atoms with E-state index in [0.717, 1.165) is 11.1 Å². The van der Waals surface area contributed by atoms with Crippen LogP contribution in [0.2, 0.25) is 5.02 Å². The number of nitriles is 1. The minimum Gasteiger partial charge on any atom is -0.389 e. The van der Waals surface area contributed by atoms with Crippen LogP contribution in [0.15, 0.2) is 29.6 Å². The number of anilines is 1. The lowest BCUT2D eigenvalue weighted by Gasteiger charge is -1.99. The Bertz CT molecular complexity index is 540. The molecule has 2 nitrogen and oxygen atoms in total. The first-order valence-corrected chi connectivity index (χ1v) is 5.51. The summed E-state index contributed by atoms with van der Waals surface area (Å²) in [5, 5.41) is 12.0. The highest BCUT2D eigenvalue weighted by Gasteiger charge is 2.10. The van der Waals surface area contributed by atoms with Crippen molar-refractivity contribution in [2.75, 3.05) is 5.73 Å². The zero-order valence-corrected chi connectivity index (χ0v) is 9.27. The minimum absolute atomic E-state index is 0.530. The molecular weight excluding hydrogens is 228 g/mol. The van der Waals surface area contributed by atoms with E-state index in [-0.39, 0.29) is 0 Å². The largest absolute Gasteiger partial charge is 0.389 e. The fourth-order valence-electron chi connectivity index (χ4n) is 1.36. The van der Waals surface area contributed by atoms with E-state index in [1.165, 1.54) is 11.3 Å². The molecule has 74 valence electrons. The summed E-state index contributed by atoms with van der Waals surface area (Å²) in [4.78, 5) is 0. The molecule has 0 saturated heterocycles. The topological polar surface area (TPSA) is 49.8 Å². The summed E-state index contributed by atoms with van der Waals surface area (Å²) in [5.41, 5.74) is 7.99. The Morgan fingerprint density at radius 2 is 2.20 bits per heavy atom. The molecule has 2 aromatic rings. The van der Waals surface area contributed by atoms with Crippen molar-refractivity contribution in [1.29, 1.82) is 5.26 Å². The van der Waals surface area contributed by atoms with Gasteiger partial charge >= 0.3 is 0 Å². The van der Waals surface area contributed by atoms with Crippen molar-refractivity contribution in [1.82, 2.24) is 0 Å². The molecule has 2 rings (SSSR count). The maximum Gasteiger partial charge on any atom is 0.104 e. The van der Waals surface area contributed by atoms with Crippen molar-refractivity contribution in [3.8, 4) is 17.2 Å². The van der Waals surface area contributed by atoms with E-state index in [2.05, 4.69) is 6.07 Å². The summed E-state index contributed by atoms with van der Waals surface area (Å²) in [7, 11) is 0. The highest BCUT2D eigenvalue weighted by molar-refractivity contribution is 7.14. The van der Waals surface area contributed by atoms with Crippen molar-refractivity contribution in [3.05, 3.63) is 40.2 Å². The van der Waals surface area contributed by atoms with Gasteiger partial charge in [0.25, 0.3) is 0 Å². The van der Waals surface area contributed by atoms with Gasteiger partial charge in [0.05, 0.1) is 5.56 Å². The smallest absolute Gasteiger partial charge is 0.104 e. The molecule has 0 fully saturated rings. The molecule has 2 N–H and O–H groups in total. The molecule has 1 aromatic heterocycles. The Morgan fingerprint density at radius 3 is 2.87 bits per heavy atom. The second-order valence-corrected chi connectivity index (χ2v) is 4.36. The van der Waals surface area contributed by atoms with Crippen molar-refractivity contribution >= 4 is 27.9 Å². The Kier molecular flexibility index (Phi) is 2.63. The Hall–Kier alpha value is -1.50. The van der Waals surface area contributed by atoms with Gasteiger partial charge in [-0.05, 0) is 17.7 Å². The Morgan fingerprint density at radius 1 is 1.40 bits per heavy atom. The average molecular weight is 235 g/mol. The highest BCUT2D eigenvalue weighted by atomic mass is 35.5. The van der Waals surface area contributed by atoms with Crippen molar-refractivity contribution in [3.63, 3.8) is 0 Å². The number of nitrogens with two attached hydrogens (primary N) is 1. The van der Waals surface area contributed by atoms with Gasteiger partial charge in [0.1, 0.15) is 11.1 Å². The molecule has 1 aromatic carbocycles. The third kappa shape index (κ3) is 1.82. The van der Waals surface area contributed by atoms with Crippen LogP contribution in [0.25, 0.3) is 11.1 Å². The predicted molar refractivity (Wildman–Crippen MR) is 63.9 cm³/mol. The van der Waals surface area contributed by atoms with E-state index in [9.17, 15) is 0 Å². The standard InChI is InChI=1S/C11H7ClN2S/c12-8-3-1-2-7(4-8)10-6-15-11(14)9(10)5-13/h1-4,6H,14H2. The lowest BCUT2D eigenvalue weighted by atomic mass is 10.1. The molecule has 15 heavy (non-hydrogen) atoms. The van der Waals surface area contributed by atoms with Crippen molar-refractivity contribution < 1.29 is 0 Å². The maximum atomic E-state index is 8.96. The van der Waals surface area contributed by atoms with Crippen LogP contribution in [0.3, 0.4) is 0 Å². The molecule has 0 atom stereocenters. The average Bonchev–Trinajstić information content (AvgIpc) is 2.59. The fourth-order valence-corrected chi connectivity index (χ4v) is 2.32. The van der Waals surface area contributed by atoms with Crippen LogP contribution in [-0.2, 0) is 0 Å². The van der Waals surface area contributed by atoms with Crippen LogP contribution in [0.5, 0.6) is 0 Å². The van der Waals surface area contributed by atoms with Crippen LogP contribution in [0, 0.1) is 11.3 Å². The van der Waals surface area contributed by atoms with Crippen LogP contribution in [0.4, 0.5) is 5.00 Å². The van der Waals surface area contributed by atoms with Gasteiger partial charge in [-0.25, -0.2) is 0 Å². The summed E-state index contributed by atoms with van der Waals surface area (Å²) in [6, 6.07) is 9.49. The minimum atomic E-state index is 0.530. The third-order valence-corrected chi connectivity index (χ3v) is 3.11. The number of nitrogens with zero attached hydrogens (tertiary/aromatic N) is 1. The number of halogens is 1. The molecule has 1 heterocycles. The molecule has 0 amide bonds.